The minimum atomic E-state index is -2.02. The molecule has 1 aliphatic heterocycles. The number of hydrogen-bond donors (Lipinski definition) is 1. The molecule has 2 atom stereocenters. The zero-order valence-electron chi connectivity index (χ0n) is 23.6. The molecule has 1 N–H and O–H groups in total. The zero-order chi connectivity index (χ0) is 27.3. The average Bonchev–Trinajstić information content (AvgIpc) is 3.25. The third kappa shape index (κ3) is 6.91. The van der Waals surface area contributed by atoms with E-state index in [0.29, 0.717) is 37.8 Å². The van der Waals surface area contributed by atoms with E-state index in [0.717, 1.165) is 48.2 Å². The van der Waals surface area contributed by atoms with Crippen molar-refractivity contribution >= 4 is 19.2 Å². The third-order valence-electron chi connectivity index (χ3n) is 7.30. The molecule has 0 bridgehead atoms. The van der Waals surface area contributed by atoms with Crippen LogP contribution in [0.2, 0.25) is 18.1 Å². The molecule has 2 unspecified atom stereocenters. The fourth-order valence-electron chi connectivity index (χ4n) is 4.05. The number of aromatic nitrogens is 4. The van der Waals surface area contributed by atoms with Gasteiger partial charge in [0.15, 0.2) is 6.23 Å². The van der Waals surface area contributed by atoms with Crippen LogP contribution in [0.4, 0.5) is 0 Å². The van der Waals surface area contributed by atoms with Crippen LogP contribution in [0.5, 0.6) is 11.6 Å². The second-order valence-electron chi connectivity index (χ2n) is 11.5. The van der Waals surface area contributed by atoms with Gasteiger partial charge in [-0.3, -0.25) is 4.98 Å². The average molecular weight is 543 g/mol. The van der Waals surface area contributed by atoms with Gasteiger partial charge in [-0.25, -0.2) is 9.67 Å². The van der Waals surface area contributed by atoms with Crippen LogP contribution in [0.1, 0.15) is 59.6 Å². The Morgan fingerprint density at radius 2 is 1.97 bits per heavy atom. The number of rotatable bonds is 11. The van der Waals surface area contributed by atoms with Crippen molar-refractivity contribution in [1.29, 1.82) is 0 Å². The van der Waals surface area contributed by atoms with E-state index in [1.807, 2.05) is 10.7 Å². The van der Waals surface area contributed by atoms with Gasteiger partial charge in [0.05, 0.1) is 30.6 Å². The van der Waals surface area contributed by atoms with Gasteiger partial charge in [-0.1, -0.05) is 20.8 Å². The van der Waals surface area contributed by atoms with Gasteiger partial charge in [0.25, 0.3) is 0 Å². The van der Waals surface area contributed by atoms with Crippen molar-refractivity contribution in [1.82, 2.24) is 19.7 Å². The molecule has 1 fully saturated rings. The predicted octanol–water partition coefficient (Wildman–Crippen LogP) is 5.74. The van der Waals surface area contributed by atoms with Gasteiger partial charge in [0.1, 0.15) is 23.7 Å². The van der Waals surface area contributed by atoms with E-state index in [2.05, 4.69) is 51.0 Å². The van der Waals surface area contributed by atoms with Gasteiger partial charge in [0, 0.05) is 18.6 Å². The molecule has 0 spiro atoms. The SMILES string of the molecule is CC(O)CCOCCOc1cncc(-c2nn(C3CCCCO3)c3ccc(O[Si](C)(C)C(C)(C)C)cc23)n1. The van der Waals surface area contributed by atoms with Crippen molar-refractivity contribution in [3.8, 4) is 23.0 Å². The lowest BCUT2D eigenvalue weighted by Crippen LogP contribution is -2.43. The lowest BCUT2D eigenvalue weighted by atomic mass is 10.1. The van der Waals surface area contributed by atoms with Crippen LogP contribution in [-0.4, -0.2) is 65.7 Å². The number of benzene rings is 1. The molecule has 0 radical (unpaired) electrons. The molecule has 0 saturated carbocycles. The molecule has 2 aromatic heterocycles. The Balaban J connectivity index is 1.62. The van der Waals surface area contributed by atoms with Gasteiger partial charge in [0.2, 0.25) is 14.2 Å². The van der Waals surface area contributed by atoms with Crippen molar-refractivity contribution in [3.63, 3.8) is 0 Å². The molecule has 208 valence electrons. The van der Waals surface area contributed by atoms with E-state index in [1.54, 1.807) is 19.3 Å². The van der Waals surface area contributed by atoms with Crippen molar-refractivity contribution < 1.29 is 23.7 Å². The molecule has 0 aliphatic carbocycles. The summed E-state index contributed by atoms with van der Waals surface area (Å²) in [7, 11) is -2.02. The summed E-state index contributed by atoms with van der Waals surface area (Å²) in [5.74, 6) is 1.25. The molecule has 3 heterocycles. The Labute approximate surface area is 226 Å². The van der Waals surface area contributed by atoms with E-state index in [9.17, 15) is 5.11 Å². The number of aliphatic hydroxyl groups is 1. The van der Waals surface area contributed by atoms with Gasteiger partial charge in [-0.2, -0.15) is 5.10 Å². The first-order chi connectivity index (χ1) is 18.0. The highest BCUT2D eigenvalue weighted by Crippen LogP contribution is 2.39. The lowest BCUT2D eigenvalue weighted by Gasteiger charge is -2.36. The number of nitrogens with zero attached hydrogens (tertiary/aromatic N) is 4. The van der Waals surface area contributed by atoms with Gasteiger partial charge >= 0.3 is 0 Å². The van der Waals surface area contributed by atoms with E-state index in [-0.39, 0.29) is 17.4 Å². The van der Waals surface area contributed by atoms with Crippen LogP contribution in [-0.2, 0) is 9.47 Å². The normalized spacial score (nSPS) is 17.5. The monoisotopic (exact) mass is 542 g/mol. The van der Waals surface area contributed by atoms with Crippen LogP contribution in [0, 0.1) is 0 Å². The summed E-state index contributed by atoms with van der Waals surface area (Å²) >= 11 is 0. The molecule has 38 heavy (non-hydrogen) atoms. The number of hydrogen-bond acceptors (Lipinski definition) is 8. The Kier molecular flexibility index (Phi) is 9.07. The minimum absolute atomic E-state index is 0.0854. The molecular formula is C28H42N4O5Si. The highest BCUT2D eigenvalue weighted by Gasteiger charge is 2.39. The molecule has 3 aromatic rings. The molecule has 4 rings (SSSR count). The summed E-state index contributed by atoms with van der Waals surface area (Å²) in [5.41, 5.74) is 2.33. The standard InChI is InChI=1S/C28H42N4O5Si/c1-20(33)12-14-34-15-16-35-25-19-29-18-23(30-25)27-22-17-21(37-38(5,6)28(2,3)4)10-11-24(22)32(31-27)26-9-7-8-13-36-26/h10-11,17-20,26,33H,7-9,12-16H2,1-6H3. The first kappa shape index (κ1) is 28.5. The van der Waals surface area contributed by atoms with Crippen molar-refractivity contribution in [3.05, 3.63) is 30.6 Å². The summed E-state index contributed by atoms with van der Waals surface area (Å²) in [6, 6.07) is 6.18. The van der Waals surface area contributed by atoms with Crippen LogP contribution in [0.25, 0.3) is 22.3 Å². The highest BCUT2D eigenvalue weighted by atomic mass is 28.4. The first-order valence-electron chi connectivity index (χ1n) is 13.6. The molecule has 1 aliphatic rings. The first-order valence-corrected chi connectivity index (χ1v) is 16.5. The molecule has 1 saturated heterocycles. The Morgan fingerprint density at radius 1 is 1.16 bits per heavy atom. The molecule has 0 amide bonds. The summed E-state index contributed by atoms with van der Waals surface area (Å²) in [6.45, 7) is 14.9. The second-order valence-corrected chi connectivity index (χ2v) is 16.2. The molecule has 10 heteroatoms. The Hall–Kier alpha value is -2.53. The maximum atomic E-state index is 9.34. The van der Waals surface area contributed by atoms with Crippen molar-refractivity contribution in [2.45, 2.75) is 83.8 Å². The molecule has 9 nitrogen and oxygen atoms in total. The number of fused-ring (bicyclic) bond motifs is 1. The van der Waals surface area contributed by atoms with E-state index < -0.39 is 8.32 Å². The predicted molar refractivity (Wildman–Crippen MR) is 150 cm³/mol. The Morgan fingerprint density at radius 3 is 2.68 bits per heavy atom. The van der Waals surface area contributed by atoms with E-state index >= 15 is 0 Å². The minimum Gasteiger partial charge on any atom is -0.543 e. The summed E-state index contributed by atoms with van der Waals surface area (Å²) in [6.07, 6.45) is 6.50. The topological polar surface area (TPSA) is 101 Å². The lowest BCUT2D eigenvalue weighted by molar-refractivity contribution is -0.0365. The van der Waals surface area contributed by atoms with Gasteiger partial charge < -0.3 is 23.7 Å². The molecule has 1 aromatic carbocycles. The quantitative estimate of drug-likeness (QED) is 0.242. The smallest absolute Gasteiger partial charge is 0.250 e. The zero-order valence-corrected chi connectivity index (χ0v) is 24.6. The number of ether oxygens (including phenoxy) is 3. The van der Waals surface area contributed by atoms with Crippen LogP contribution in [0.3, 0.4) is 0 Å². The third-order valence-corrected chi connectivity index (χ3v) is 11.7. The summed E-state index contributed by atoms with van der Waals surface area (Å²) in [5, 5.41) is 15.4. The summed E-state index contributed by atoms with van der Waals surface area (Å²) < 4.78 is 26.0. The fraction of sp³-hybridized carbons (Fsp3) is 0.607. The van der Waals surface area contributed by atoms with Gasteiger partial charge in [-0.15, -0.1) is 0 Å². The van der Waals surface area contributed by atoms with Crippen molar-refractivity contribution in [2.24, 2.45) is 0 Å². The maximum absolute atomic E-state index is 9.34. The van der Waals surface area contributed by atoms with Crippen molar-refractivity contribution in [2.75, 3.05) is 26.4 Å². The fourth-order valence-corrected chi connectivity index (χ4v) is 5.07. The Bertz CT molecular complexity index is 1200. The maximum Gasteiger partial charge on any atom is 0.250 e. The van der Waals surface area contributed by atoms with E-state index in [4.69, 9.17) is 28.7 Å². The van der Waals surface area contributed by atoms with E-state index in [1.165, 1.54) is 0 Å². The van der Waals surface area contributed by atoms with Crippen LogP contribution in [0.15, 0.2) is 30.6 Å². The summed E-state index contributed by atoms with van der Waals surface area (Å²) in [4.78, 5) is 9.09. The highest BCUT2D eigenvalue weighted by molar-refractivity contribution is 6.74. The molecular weight excluding hydrogens is 500 g/mol. The second kappa shape index (κ2) is 12.1. The van der Waals surface area contributed by atoms with Gasteiger partial charge in [-0.05, 0) is 68.9 Å². The largest absolute Gasteiger partial charge is 0.543 e. The number of aliphatic hydroxyl groups excluding tert-OH is 1. The van der Waals surface area contributed by atoms with Crippen LogP contribution >= 0.6 is 0 Å². The van der Waals surface area contributed by atoms with Crippen LogP contribution < -0.4 is 9.16 Å².